The average Bonchev–Trinajstić information content (AvgIpc) is 3.54. The van der Waals surface area contributed by atoms with Gasteiger partial charge in [-0.25, -0.2) is 0 Å². The standard InChI is InChI=1S/C29H44N4O5/c1-4-5-11-31(13-10-30)26(35)18-33-17-22(20-6-7-24-21(15-20)9-14-38-24)27(28(36)37)23(33)8-12-32-19-29(2,3)16-25(32)34/h6-7,15,22-23,27H,4-5,8-14,16-19,30H2,1-3H3,(H,36,37)/t22-,23+,27-/m1/s1. The molecule has 2 saturated heterocycles. The molecule has 9 nitrogen and oxygen atoms in total. The van der Waals surface area contributed by atoms with Crippen LogP contribution in [0.3, 0.4) is 0 Å². The van der Waals surface area contributed by atoms with E-state index in [-0.39, 0.29) is 35.7 Å². The molecule has 9 heteroatoms. The summed E-state index contributed by atoms with van der Waals surface area (Å²) in [4.78, 5) is 44.5. The SMILES string of the molecule is CCCCN(CCN)C(=O)CN1C[C@H](c2ccc3c(c2)CCO3)[C@@H](C(=O)O)[C@@H]1CCN1CC(C)(C)CC1=O. The number of benzene rings is 1. The van der Waals surface area contributed by atoms with Gasteiger partial charge in [0.1, 0.15) is 5.75 Å². The van der Waals surface area contributed by atoms with E-state index in [9.17, 15) is 19.5 Å². The summed E-state index contributed by atoms with van der Waals surface area (Å²) in [6, 6.07) is 5.65. The molecule has 2 amide bonds. The van der Waals surface area contributed by atoms with E-state index in [1.165, 1.54) is 0 Å². The van der Waals surface area contributed by atoms with E-state index in [0.717, 1.165) is 36.1 Å². The van der Waals surface area contributed by atoms with Crippen LogP contribution in [0, 0.1) is 11.3 Å². The molecule has 0 aromatic heterocycles. The third kappa shape index (κ3) is 6.31. The second-order valence-corrected chi connectivity index (χ2v) is 11.9. The zero-order chi connectivity index (χ0) is 27.4. The molecule has 1 aromatic rings. The highest BCUT2D eigenvalue weighted by Gasteiger charge is 2.48. The quantitative estimate of drug-likeness (QED) is 0.428. The molecule has 38 heavy (non-hydrogen) atoms. The summed E-state index contributed by atoms with van der Waals surface area (Å²) in [6.45, 7) is 10.2. The molecular weight excluding hydrogens is 484 g/mol. The van der Waals surface area contributed by atoms with Gasteiger partial charge in [0.15, 0.2) is 0 Å². The maximum atomic E-state index is 13.4. The number of carbonyl (C=O) groups is 3. The third-order valence-corrected chi connectivity index (χ3v) is 8.34. The number of nitrogens with two attached hydrogens (primary N) is 1. The number of unbranched alkanes of at least 4 members (excludes halogenated alkanes) is 1. The van der Waals surface area contributed by atoms with Crippen LogP contribution in [0.5, 0.6) is 5.75 Å². The molecule has 4 rings (SSSR count). The number of nitrogens with zero attached hydrogens (tertiary/aromatic N) is 3. The Morgan fingerprint density at radius 1 is 1.26 bits per heavy atom. The van der Waals surface area contributed by atoms with E-state index >= 15 is 0 Å². The topological polar surface area (TPSA) is 116 Å². The number of fused-ring (bicyclic) bond motifs is 1. The van der Waals surface area contributed by atoms with Crippen molar-refractivity contribution in [1.82, 2.24) is 14.7 Å². The van der Waals surface area contributed by atoms with Crippen molar-refractivity contribution in [2.45, 2.75) is 64.8 Å². The summed E-state index contributed by atoms with van der Waals surface area (Å²) in [5.41, 5.74) is 7.80. The average molecular weight is 529 g/mol. The summed E-state index contributed by atoms with van der Waals surface area (Å²) in [5, 5.41) is 10.5. The maximum absolute atomic E-state index is 13.4. The molecule has 3 aliphatic heterocycles. The first-order valence-corrected chi connectivity index (χ1v) is 14.1. The van der Waals surface area contributed by atoms with Crippen molar-refractivity contribution in [2.75, 3.05) is 52.4 Å². The number of carboxylic acids is 1. The summed E-state index contributed by atoms with van der Waals surface area (Å²) >= 11 is 0. The smallest absolute Gasteiger partial charge is 0.308 e. The summed E-state index contributed by atoms with van der Waals surface area (Å²) in [6.07, 6.45) is 3.72. The second kappa shape index (κ2) is 12.0. The van der Waals surface area contributed by atoms with Crippen LogP contribution in [0.15, 0.2) is 18.2 Å². The van der Waals surface area contributed by atoms with Crippen molar-refractivity contribution in [3.05, 3.63) is 29.3 Å². The first-order chi connectivity index (χ1) is 18.1. The van der Waals surface area contributed by atoms with E-state index in [1.807, 2.05) is 21.9 Å². The highest BCUT2D eigenvalue weighted by atomic mass is 16.5. The highest BCUT2D eigenvalue weighted by Crippen LogP contribution is 2.41. The Kier molecular flexibility index (Phi) is 8.98. The fourth-order valence-corrected chi connectivity index (χ4v) is 6.44. The number of likely N-dealkylation sites (tertiary alicyclic amines) is 2. The summed E-state index contributed by atoms with van der Waals surface area (Å²) < 4.78 is 5.66. The van der Waals surface area contributed by atoms with Crippen LogP contribution in [-0.4, -0.2) is 96.1 Å². The lowest BCUT2D eigenvalue weighted by Gasteiger charge is -2.31. The Balaban J connectivity index is 1.58. The second-order valence-electron chi connectivity index (χ2n) is 11.9. The normalized spacial score (nSPS) is 24.5. The number of carboxylic acid groups (broad SMARTS) is 1. The number of hydrogen-bond acceptors (Lipinski definition) is 6. The molecule has 3 atom stereocenters. The van der Waals surface area contributed by atoms with Gasteiger partial charge in [-0.3, -0.25) is 19.3 Å². The van der Waals surface area contributed by atoms with Gasteiger partial charge in [0.2, 0.25) is 11.8 Å². The number of aliphatic carboxylic acids is 1. The lowest BCUT2D eigenvalue weighted by Crippen LogP contribution is -2.46. The Labute approximate surface area is 226 Å². The minimum atomic E-state index is -0.857. The lowest BCUT2D eigenvalue weighted by atomic mass is 9.83. The van der Waals surface area contributed by atoms with Crippen LogP contribution in [0.2, 0.25) is 0 Å². The molecule has 3 heterocycles. The highest BCUT2D eigenvalue weighted by molar-refractivity contribution is 5.80. The van der Waals surface area contributed by atoms with Crippen LogP contribution in [0.4, 0.5) is 0 Å². The predicted octanol–water partition coefficient (Wildman–Crippen LogP) is 2.33. The van der Waals surface area contributed by atoms with Gasteiger partial charge < -0.3 is 25.4 Å². The first-order valence-electron chi connectivity index (χ1n) is 14.1. The summed E-state index contributed by atoms with van der Waals surface area (Å²) in [7, 11) is 0. The largest absolute Gasteiger partial charge is 0.493 e. The van der Waals surface area contributed by atoms with Crippen LogP contribution in [0.1, 0.15) is 63.5 Å². The van der Waals surface area contributed by atoms with Gasteiger partial charge in [-0.15, -0.1) is 0 Å². The van der Waals surface area contributed by atoms with E-state index in [4.69, 9.17) is 10.5 Å². The molecule has 0 spiro atoms. The monoisotopic (exact) mass is 528 g/mol. The Morgan fingerprint density at radius 2 is 2.05 bits per heavy atom. The van der Waals surface area contributed by atoms with Gasteiger partial charge in [0.05, 0.1) is 19.1 Å². The zero-order valence-corrected chi connectivity index (χ0v) is 23.2. The van der Waals surface area contributed by atoms with Crippen LogP contribution in [0.25, 0.3) is 0 Å². The Bertz CT molecular complexity index is 1030. The fraction of sp³-hybridized carbons (Fsp3) is 0.690. The van der Waals surface area contributed by atoms with E-state index in [0.29, 0.717) is 58.7 Å². The minimum Gasteiger partial charge on any atom is -0.493 e. The molecular formula is C29H44N4O5. The Morgan fingerprint density at radius 3 is 2.71 bits per heavy atom. The number of hydrogen-bond donors (Lipinski definition) is 2. The fourth-order valence-electron chi connectivity index (χ4n) is 6.44. The van der Waals surface area contributed by atoms with Crippen LogP contribution < -0.4 is 10.5 Å². The number of carbonyl (C=O) groups excluding carboxylic acids is 2. The van der Waals surface area contributed by atoms with E-state index in [1.54, 1.807) is 0 Å². The molecule has 0 bridgehead atoms. The van der Waals surface area contributed by atoms with Crippen molar-refractivity contribution in [3.63, 3.8) is 0 Å². The van der Waals surface area contributed by atoms with Crippen molar-refractivity contribution >= 4 is 17.8 Å². The number of rotatable bonds is 12. The lowest BCUT2D eigenvalue weighted by molar-refractivity contribution is -0.144. The first kappa shape index (κ1) is 28.4. The molecule has 0 saturated carbocycles. The molecule has 1 aromatic carbocycles. The molecule has 2 fully saturated rings. The van der Waals surface area contributed by atoms with Crippen molar-refractivity contribution in [2.24, 2.45) is 17.1 Å². The number of amides is 2. The Hall–Kier alpha value is -2.65. The van der Waals surface area contributed by atoms with Gasteiger partial charge >= 0.3 is 5.97 Å². The summed E-state index contributed by atoms with van der Waals surface area (Å²) in [5.74, 6) is -0.811. The number of ether oxygens (including phenoxy) is 1. The molecule has 3 N–H and O–H groups in total. The van der Waals surface area contributed by atoms with E-state index < -0.39 is 11.9 Å². The molecule has 210 valence electrons. The minimum absolute atomic E-state index is 0.0144. The van der Waals surface area contributed by atoms with Gasteiger partial charge in [-0.1, -0.05) is 39.3 Å². The van der Waals surface area contributed by atoms with Gasteiger partial charge in [-0.2, -0.15) is 0 Å². The maximum Gasteiger partial charge on any atom is 0.308 e. The zero-order valence-electron chi connectivity index (χ0n) is 23.2. The van der Waals surface area contributed by atoms with E-state index in [2.05, 4.69) is 31.7 Å². The van der Waals surface area contributed by atoms with Crippen LogP contribution in [-0.2, 0) is 20.8 Å². The van der Waals surface area contributed by atoms with Crippen molar-refractivity contribution < 1.29 is 24.2 Å². The molecule has 0 aliphatic carbocycles. The molecule has 3 aliphatic rings. The van der Waals surface area contributed by atoms with Crippen molar-refractivity contribution in [3.8, 4) is 5.75 Å². The van der Waals surface area contributed by atoms with Crippen LogP contribution >= 0.6 is 0 Å². The third-order valence-electron chi connectivity index (χ3n) is 8.34. The molecule has 0 radical (unpaired) electrons. The predicted molar refractivity (Wildman–Crippen MR) is 145 cm³/mol. The molecule has 0 unspecified atom stereocenters. The van der Waals surface area contributed by atoms with Gasteiger partial charge in [0.25, 0.3) is 0 Å². The van der Waals surface area contributed by atoms with Gasteiger partial charge in [-0.05, 0) is 35.4 Å². The van der Waals surface area contributed by atoms with Crippen molar-refractivity contribution in [1.29, 1.82) is 0 Å². The van der Waals surface area contributed by atoms with Gasteiger partial charge in [0, 0.05) is 64.1 Å².